The summed E-state index contributed by atoms with van der Waals surface area (Å²) in [5.41, 5.74) is -0.0720. The fourth-order valence-corrected chi connectivity index (χ4v) is 3.27. The number of benzene rings is 1. The molecule has 1 aromatic rings. The molecule has 2 N–H and O–H groups in total. The van der Waals surface area contributed by atoms with Crippen molar-refractivity contribution < 1.29 is 19.1 Å². The van der Waals surface area contributed by atoms with Crippen molar-refractivity contribution in [2.24, 2.45) is 5.92 Å². The quantitative estimate of drug-likeness (QED) is 0.875. The van der Waals surface area contributed by atoms with Gasteiger partial charge in [-0.15, -0.1) is 0 Å². The second-order valence-corrected chi connectivity index (χ2v) is 6.54. The minimum Gasteiger partial charge on any atom is -0.481 e. The summed E-state index contributed by atoms with van der Waals surface area (Å²) < 4.78 is 13.6. The number of carboxylic acids is 1. The number of nitrogens with one attached hydrogen (secondary N) is 1. The summed E-state index contributed by atoms with van der Waals surface area (Å²) in [4.78, 5) is 24.0. The maximum absolute atomic E-state index is 13.6. The lowest BCUT2D eigenvalue weighted by atomic mass is 9.68. The van der Waals surface area contributed by atoms with Crippen molar-refractivity contribution in [3.63, 3.8) is 0 Å². The number of amides is 1. The first kappa shape index (κ1) is 17.4. The number of carbonyl (C=O) groups excluding carboxylic acids is 1. The molecule has 0 saturated heterocycles. The van der Waals surface area contributed by atoms with E-state index in [2.05, 4.69) is 5.32 Å². The lowest BCUT2D eigenvalue weighted by Gasteiger charge is -2.37. The van der Waals surface area contributed by atoms with Crippen LogP contribution in [-0.4, -0.2) is 23.0 Å². The van der Waals surface area contributed by atoms with E-state index in [1.54, 1.807) is 26.0 Å². The third-order valence-corrected chi connectivity index (χ3v) is 5.02. The van der Waals surface area contributed by atoms with Crippen molar-refractivity contribution in [1.29, 1.82) is 0 Å². The van der Waals surface area contributed by atoms with E-state index in [0.717, 1.165) is 19.3 Å². The summed E-state index contributed by atoms with van der Waals surface area (Å²) in [6.07, 6.45) is 4.21. The number of rotatable bonds is 5. The first-order chi connectivity index (χ1) is 10.9. The molecule has 0 spiro atoms. The van der Waals surface area contributed by atoms with E-state index in [9.17, 15) is 14.0 Å². The summed E-state index contributed by atoms with van der Waals surface area (Å²) >= 11 is 0. The average molecular weight is 321 g/mol. The Morgan fingerprint density at radius 1 is 1.22 bits per heavy atom. The summed E-state index contributed by atoms with van der Waals surface area (Å²) in [7, 11) is 0. The smallest absolute Gasteiger partial charge is 0.308 e. The molecule has 1 aromatic carbocycles. The van der Waals surface area contributed by atoms with E-state index in [1.165, 1.54) is 12.1 Å². The van der Waals surface area contributed by atoms with Gasteiger partial charge in [0.25, 0.3) is 0 Å². The van der Waals surface area contributed by atoms with Crippen LogP contribution in [0, 0.1) is 11.7 Å². The van der Waals surface area contributed by atoms with E-state index in [1.807, 2.05) is 0 Å². The van der Waals surface area contributed by atoms with E-state index in [4.69, 9.17) is 5.11 Å². The molecular weight excluding hydrogens is 297 g/mol. The monoisotopic (exact) mass is 321 g/mol. The minimum absolute atomic E-state index is 0.191. The second-order valence-electron chi connectivity index (χ2n) is 6.54. The molecule has 2 atom stereocenters. The van der Waals surface area contributed by atoms with Gasteiger partial charge in [-0.25, -0.2) is 4.39 Å². The molecule has 0 aliphatic heterocycles. The van der Waals surface area contributed by atoms with Gasteiger partial charge >= 0.3 is 5.97 Å². The Kier molecular flexibility index (Phi) is 5.39. The maximum Gasteiger partial charge on any atom is 0.308 e. The standard InChI is InChI=1S/C18H24FNO3/c1-12(16(21)22)13(2)20-17(23)18(9-4-3-5-10-18)14-7-6-8-15(19)11-14/h6-8,11-13H,3-5,9-10H2,1-2H3,(H,20,23)(H,21,22). The Hall–Kier alpha value is -1.91. The van der Waals surface area contributed by atoms with Gasteiger partial charge in [0.05, 0.1) is 11.3 Å². The molecule has 126 valence electrons. The van der Waals surface area contributed by atoms with Crippen LogP contribution >= 0.6 is 0 Å². The van der Waals surface area contributed by atoms with Gasteiger partial charge in [-0.1, -0.05) is 31.4 Å². The first-order valence-corrected chi connectivity index (χ1v) is 8.16. The molecule has 1 saturated carbocycles. The number of aliphatic carboxylic acids is 1. The van der Waals surface area contributed by atoms with Crippen LogP contribution in [-0.2, 0) is 15.0 Å². The molecule has 1 aliphatic rings. The van der Waals surface area contributed by atoms with Crippen molar-refractivity contribution >= 4 is 11.9 Å². The molecule has 0 heterocycles. The minimum atomic E-state index is -0.943. The topological polar surface area (TPSA) is 66.4 Å². The first-order valence-electron chi connectivity index (χ1n) is 8.16. The van der Waals surface area contributed by atoms with Crippen LogP contribution in [0.5, 0.6) is 0 Å². The molecule has 4 nitrogen and oxygen atoms in total. The third-order valence-electron chi connectivity index (χ3n) is 5.02. The molecule has 1 aliphatic carbocycles. The average Bonchev–Trinajstić information content (AvgIpc) is 2.54. The maximum atomic E-state index is 13.6. The van der Waals surface area contributed by atoms with Gasteiger partial charge in [0.15, 0.2) is 0 Å². The molecule has 2 rings (SSSR count). The molecule has 1 amide bonds. The highest BCUT2D eigenvalue weighted by molar-refractivity contribution is 5.89. The number of carboxylic acid groups (broad SMARTS) is 1. The van der Waals surface area contributed by atoms with Crippen molar-refractivity contribution in [2.75, 3.05) is 0 Å². The Morgan fingerprint density at radius 2 is 1.87 bits per heavy atom. The number of hydrogen-bond acceptors (Lipinski definition) is 2. The van der Waals surface area contributed by atoms with E-state index in [-0.39, 0.29) is 11.7 Å². The van der Waals surface area contributed by atoms with Gasteiger partial charge in [0.1, 0.15) is 5.82 Å². The van der Waals surface area contributed by atoms with Crippen LogP contribution in [0.25, 0.3) is 0 Å². The normalized spacial score (nSPS) is 19.6. The Bertz CT molecular complexity index is 581. The van der Waals surface area contributed by atoms with Gasteiger partial charge in [-0.3, -0.25) is 9.59 Å². The highest BCUT2D eigenvalue weighted by Crippen LogP contribution is 2.40. The summed E-state index contributed by atoms with van der Waals surface area (Å²) in [6, 6.07) is 5.73. The van der Waals surface area contributed by atoms with E-state index >= 15 is 0 Å². The Morgan fingerprint density at radius 3 is 2.43 bits per heavy atom. The Balaban J connectivity index is 2.28. The number of halogens is 1. The number of carbonyl (C=O) groups is 2. The van der Waals surface area contributed by atoms with Crippen LogP contribution in [0.3, 0.4) is 0 Å². The zero-order valence-electron chi connectivity index (χ0n) is 13.6. The predicted molar refractivity (Wildman–Crippen MR) is 85.6 cm³/mol. The summed E-state index contributed by atoms with van der Waals surface area (Å²) in [5.74, 6) is -2.16. The van der Waals surface area contributed by atoms with Gasteiger partial charge in [-0.2, -0.15) is 0 Å². The van der Waals surface area contributed by atoms with Crippen molar-refractivity contribution in [2.45, 2.75) is 57.4 Å². The summed E-state index contributed by atoms with van der Waals surface area (Å²) in [5, 5.41) is 11.9. The zero-order valence-corrected chi connectivity index (χ0v) is 13.6. The molecule has 0 bridgehead atoms. The van der Waals surface area contributed by atoms with Crippen molar-refractivity contribution in [1.82, 2.24) is 5.32 Å². The van der Waals surface area contributed by atoms with E-state index < -0.39 is 23.3 Å². The van der Waals surface area contributed by atoms with Crippen LogP contribution in [0.4, 0.5) is 4.39 Å². The third kappa shape index (κ3) is 3.71. The molecule has 0 radical (unpaired) electrons. The van der Waals surface area contributed by atoms with Crippen LogP contribution in [0.1, 0.15) is 51.5 Å². The Labute approximate surface area is 136 Å². The molecular formula is C18H24FNO3. The summed E-state index contributed by atoms with van der Waals surface area (Å²) in [6.45, 7) is 3.27. The lowest BCUT2D eigenvalue weighted by Crippen LogP contribution is -2.51. The number of hydrogen-bond donors (Lipinski definition) is 2. The zero-order chi connectivity index (χ0) is 17.0. The SMILES string of the molecule is CC(NC(=O)C1(c2cccc(F)c2)CCCCC1)C(C)C(=O)O. The molecule has 23 heavy (non-hydrogen) atoms. The fourth-order valence-electron chi connectivity index (χ4n) is 3.27. The van der Waals surface area contributed by atoms with Gasteiger partial charge in [-0.05, 0) is 44.4 Å². The van der Waals surface area contributed by atoms with Crippen molar-refractivity contribution in [3.05, 3.63) is 35.6 Å². The second kappa shape index (κ2) is 7.11. The van der Waals surface area contributed by atoms with Crippen LogP contribution in [0.2, 0.25) is 0 Å². The van der Waals surface area contributed by atoms with Gasteiger partial charge in [0, 0.05) is 6.04 Å². The largest absolute Gasteiger partial charge is 0.481 e. The van der Waals surface area contributed by atoms with E-state index in [0.29, 0.717) is 18.4 Å². The van der Waals surface area contributed by atoms with Crippen molar-refractivity contribution in [3.8, 4) is 0 Å². The molecule has 0 aromatic heterocycles. The van der Waals surface area contributed by atoms with Crippen LogP contribution < -0.4 is 5.32 Å². The highest BCUT2D eigenvalue weighted by atomic mass is 19.1. The predicted octanol–water partition coefficient (Wildman–Crippen LogP) is 3.25. The highest BCUT2D eigenvalue weighted by Gasteiger charge is 2.42. The molecule has 5 heteroatoms. The molecule has 2 unspecified atom stereocenters. The molecule has 1 fully saturated rings. The fraction of sp³-hybridized carbons (Fsp3) is 0.556. The van der Waals surface area contributed by atoms with Gasteiger partial charge < -0.3 is 10.4 Å². The lowest BCUT2D eigenvalue weighted by molar-refractivity contribution is -0.142. The van der Waals surface area contributed by atoms with Gasteiger partial charge in [0.2, 0.25) is 5.91 Å². The van der Waals surface area contributed by atoms with Crippen LogP contribution in [0.15, 0.2) is 24.3 Å².